The first-order chi connectivity index (χ1) is 12.4. The zero-order chi connectivity index (χ0) is 18.9. The molecular weight excluding hydrogens is 376 g/mol. The first kappa shape index (κ1) is 18.7. The van der Waals surface area contributed by atoms with Crippen LogP contribution >= 0.6 is 11.6 Å². The Morgan fingerprint density at radius 2 is 1.96 bits per heavy atom. The Morgan fingerprint density at radius 1 is 1.23 bits per heavy atom. The molecule has 1 aliphatic rings. The number of ether oxygens (including phenoxy) is 1. The summed E-state index contributed by atoms with van der Waals surface area (Å²) in [6, 6.07) is 10.6. The molecule has 3 rings (SSSR count). The number of methoxy groups -OCH3 is 1. The third-order valence-corrected chi connectivity index (χ3v) is 6.54. The van der Waals surface area contributed by atoms with Crippen LogP contribution in [0.25, 0.3) is 0 Å². The van der Waals surface area contributed by atoms with Crippen molar-refractivity contribution in [2.75, 3.05) is 20.2 Å². The van der Waals surface area contributed by atoms with E-state index in [1.807, 2.05) is 19.1 Å². The molecule has 0 aliphatic carbocycles. The second-order valence-corrected chi connectivity index (χ2v) is 8.26. The van der Waals surface area contributed by atoms with Crippen molar-refractivity contribution in [3.05, 3.63) is 58.6 Å². The third-order valence-electron chi connectivity index (χ3n) is 4.38. The van der Waals surface area contributed by atoms with Crippen LogP contribution in [0.2, 0.25) is 5.02 Å². The number of aryl methyl sites for hydroxylation is 1. The number of carbonyl (C=O) groups is 1. The van der Waals surface area contributed by atoms with E-state index in [2.05, 4.69) is 5.32 Å². The largest absolute Gasteiger partial charge is 0.495 e. The number of benzene rings is 2. The zero-order valence-corrected chi connectivity index (χ0v) is 16.0. The lowest BCUT2D eigenvalue weighted by Crippen LogP contribution is -2.52. The SMILES string of the molecule is COc1ccc(S(=O)(=O)N2CCNC(=O)C2c2ccccc2C)cc1Cl. The molecule has 2 aromatic rings. The normalized spacial score (nSPS) is 18.4. The number of nitrogens with one attached hydrogen (secondary N) is 1. The molecule has 0 spiro atoms. The van der Waals surface area contributed by atoms with Crippen molar-refractivity contribution in [2.24, 2.45) is 0 Å². The molecule has 0 radical (unpaired) electrons. The highest BCUT2D eigenvalue weighted by Gasteiger charge is 2.40. The average Bonchev–Trinajstić information content (AvgIpc) is 2.62. The van der Waals surface area contributed by atoms with E-state index in [4.69, 9.17) is 16.3 Å². The molecule has 0 bridgehead atoms. The summed E-state index contributed by atoms with van der Waals surface area (Å²) >= 11 is 6.09. The number of carbonyl (C=O) groups excluding carboxylic acids is 1. The Labute approximate surface area is 157 Å². The molecule has 26 heavy (non-hydrogen) atoms. The van der Waals surface area contributed by atoms with Gasteiger partial charge in [0.2, 0.25) is 15.9 Å². The maximum absolute atomic E-state index is 13.2. The number of sulfonamides is 1. The van der Waals surface area contributed by atoms with Gasteiger partial charge in [0.05, 0.1) is 17.0 Å². The maximum atomic E-state index is 13.2. The second-order valence-electron chi connectivity index (χ2n) is 5.96. The van der Waals surface area contributed by atoms with Gasteiger partial charge >= 0.3 is 0 Å². The lowest BCUT2D eigenvalue weighted by atomic mass is 9.99. The smallest absolute Gasteiger partial charge is 0.244 e. The summed E-state index contributed by atoms with van der Waals surface area (Å²) in [7, 11) is -2.47. The van der Waals surface area contributed by atoms with Crippen LogP contribution in [0.3, 0.4) is 0 Å². The van der Waals surface area contributed by atoms with Crippen molar-refractivity contribution in [2.45, 2.75) is 17.9 Å². The molecule has 0 aromatic heterocycles. The van der Waals surface area contributed by atoms with Crippen molar-refractivity contribution < 1.29 is 17.9 Å². The van der Waals surface area contributed by atoms with Crippen LogP contribution in [0.5, 0.6) is 5.75 Å². The molecule has 1 fully saturated rings. The molecule has 138 valence electrons. The van der Waals surface area contributed by atoms with Crippen LogP contribution in [0, 0.1) is 6.92 Å². The predicted molar refractivity (Wildman–Crippen MR) is 98.8 cm³/mol. The number of piperazine rings is 1. The molecule has 1 amide bonds. The fourth-order valence-electron chi connectivity index (χ4n) is 3.04. The van der Waals surface area contributed by atoms with Crippen LogP contribution in [0.1, 0.15) is 17.2 Å². The molecule has 1 saturated heterocycles. The van der Waals surface area contributed by atoms with Crippen molar-refractivity contribution in [1.82, 2.24) is 9.62 Å². The maximum Gasteiger partial charge on any atom is 0.244 e. The minimum Gasteiger partial charge on any atom is -0.495 e. The Kier molecular flexibility index (Phi) is 5.22. The minimum absolute atomic E-state index is 0.0246. The van der Waals surface area contributed by atoms with E-state index in [1.165, 1.54) is 29.6 Å². The van der Waals surface area contributed by atoms with E-state index in [1.54, 1.807) is 12.1 Å². The van der Waals surface area contributed by atoms with Crippen LogP contribution in [-0.2, 0) is 14.8 Å². The molecule has 6 nitrogen and oxygen atoms in total. The van der Waals surface area contributed by atoms with Gasteiger partial charge in [0.25, 0.3) is 0 Å². The standard InChI is InChI=1S/C18H19ClN2O4S/c1-12-5-3-4-6-14(12)17-18(22)20-9-10-21(17)26(23,24)13-7-8-16(25-2)15(19)11-13/h3-8,11,17H,9-10H2,1-2H3,(H,20,22). The van der Waals surface area contributed by atoms with Crippen LogP contribution in [0.15, 0.2) is 47.4 Å². The number of amides is 1. The van der Waals surface area contributed by atoms with Gasteiger partial charge in [0.1, 0.15) is 11.8 Å². The highest BCUT2D eigenvalue weighted by atomic mass is 35.5. The summed E-state index contributed by atoms with van der Waals surface area (Å²) in [5.74, 6) is 0.0474. The summed E-state index contributed by atoms with van der Waals surface area (Å²) in [6.45, 7) is 2.29. The molecule has 2 aromatic carbocycles. The Hall–Kier alpha value is -2.09. The molecule has 1 N–H and O–H groups in total. The molecule has 1 unspecified atom stereocenters. The number of hydrogen-bond acceptors (Lipinski definition) is 4. The number of hydrogen-bond donors (Lipinski definition) is 1. The highest BCUT2D eigenvalue weighted by molar-refractivity contribution is 7.89. The van der Waals surface area contributed by atoms with Gasteiger partial charge < -0.3 is 10.1 Å². The van der Waals surface area contributed by atoms with Gasteiger partial charge in [-0.3, -0.25) is 4.79 Å². The van der Waals surface area contributed by atoms with Crippen LogP contribution in [-0.4, -0.2) is 38.8 Å². The minimum atomic E-state index is -3.92. The van der Waals surface area contributed by atoms with Crippen LogP contribution < -0.4 is 10.1 Å². The number of halogens is 1. The Balaban J connectivity index is 2.08. The first-order valence-electron chi connectivity index (χ1n) is 8.05. The Morgan fingerprint density at radius 3 is 2.62 bits per heavy atom. The van der Waals surface area contributed by atoms with Gasteiger partial charge in [-0.2, -0.15) is 4.31 Å². The van der Waals surface area contributed by atoms with Crippen molar-refractivity contribution in [3.63, 3.8) is 0 Å². The van der Waals surface area contributed by atoms with Gasteiger partial charge in [-0.05, 0) is 36.2 Å². The first-order valence-corrected chi connectivity index (χ1v) is 9.86. The van der Waals surface area contributed by atoms with Gasteiger partial charge in [-0.25, -0.2) is 8.42 Å². The number of rotatable bonds is 4. The van der Waals surface area contributed by atoms with Crippen molar-refractivity contribution in [3.8, 4) is 5.75 Å². The van der Waals surface area contributed by atoms with Crippen LogP contribution in [0.4, 0.5) is 0 Å². The van der Waals surface area contributed by atoms with E-state index < -0.39 is 16.1 Å². The molecule has 1 aliphatic heterocycles. The summed E-state index contributed by atoms with van der Waals surface area (Å²) in [5.41, 5.74) is 1.51. The highest BCUT2D eigenvalue weighted by Crippen LogP contribution is 2.34. The van der Waals surface area contributed by atoms with E-state index in [0.717, 1.165) is 5.56 Å². The predicted octanol–water partition coefficient (Wildman–Crippen LogP) is 2.52. The summed E-state index contributed by atoms with van der Waals surface area (Å²) in [5, 5.41) is 2.95. The second kappa shape index (κ2) is 7.26. The lowest BCUT2D eigenvalue weighted by Gasteiger charge is -2.35. The molecule has 1 heterocycles. The van der Waals surface area contributed by atoms with E-state index in [-0.39, 0.29) is 28.9 Å². The zero-order valence-electron chi connectivity index (χ0n) is 14.4. The lowest BCUT2D eigenvalue weighted by molar-refractivity contribution is -0.126. The van der Waals surface area contributed by atoms with Gasteiger partial charge in [-0.1, -0.05) is 35.9 Å². The molecule has 0 saturated carbocycles. The topological polar surface area (TPSA) is 75.7 Å². The fourth-order valence-corrected chi connectivity index (χ4v) is 4.96. The Bertz CT molecular complexity index is 946. The van der Waals surface area contributed by atoms with E-state index in [9.17, 15) is 13.2 Å². The quantitative estimate of drug-likeness (QED) is 0.864. The van der Waals surface area contributed by atoms with E-state index in [0.29, 0.717) is 11.3 Å². The van der Waals surface area contributed by atoms with E-state index >= 15 is 0 Å². The van der Waals surface area contributed by atoms with Crippen molar-refractivity contribution >= 4 is 27.5 Å². The summed E-state index contributed by atoms with van der Waals surface area (Å²) < 4.78 is 32.8. The van der Waals surface area contributed by atoms with Gasteiger partial charge in [-0.15, -0.1) is 0 Å². The molecule has 1 atom stereocenters. The molecule has 8 heteroatoms. The molecular formula is C18H19ClN2O4S. The third kappa shape index (κ3) is 3.30. The average molecular weight is 395 g/mol. The van der Waals surface area contributed by atoms with Gasteiger partial charge in [0, 0.05) is 13.1 Å². The van der Waals surface area contributed by atoms with Crippen molar-refractivity contribution in [1.29, 1.82) is 0 Å². The number of nitrogens with zero attached hydrogens (tertiary/aromatic N) is 1. The fraction of sp³-hybridized carbons (Fsp3) is 0.278. The summed E-state index contributed by atoms with van der Waals surface area (Å²) in [4.78, 5) is 12.6. The summed E-state index contributed by atoms with van der Waals surface area (Å²) in [6.07, 6.45) is 0. The monoisotopic (exact) mass is 394 g/mol. The van der Waals surface area contributed by atoms with Gasteiger partial charge in [0.15, 0.2) is 0 Å².